The standard InChI is InChI=1S/C17H17F2N3O2S/c18-17(19)25-16-14(2-1-7-20-16)15(23)21-12-3-5-13(6-4-12)22-8-10-24-11-9-22/h1-7,17H,8-11H2,(H,21,23). The number of benzene rings is 1. The van der Waals surface area contributed by atoms with E-state index in [1.54, 1.807) is 18.2 Å². The molecule has 1 amide bonds. The number of amides is 1. The van der Waals surface area contributed by atoms with Crippen molar-refractivity contribution in [2.75, 3.05) is 36.5 Å². The van der Waals surface area contributed by atoms with Crippen molar-refractivity contribution in [1.82, 2.24) is 4.98 Å². The van der Waals surface area contributed by atoms with Crippen molar-refractivity contribution in [2.24, 2.45) is 0 Å². The molecule has 0 bridgehead atoms. The molecule has 25 heavy (non-hydrogen) atoms. The normalized spacial score (nSPS) is 14.6. The first-order valence-corrected chi connectivity index (χ1v) is 8.65. The van der Waals surface area contributed by atoms with Crippen LogP contribution in [-0.2, 0) is 4.74 Å². The third-order valence-corrected chi connectivity index (χ3v) is 4.44. The van der Waals surface area contributed by atoms with Gasteiger partial charge in [-0.25, -0.2) is 4.98 Å². The fourth-order valence-electron chi connectivity index (χ4n) is 2.52. The molecule has 3 rings (SSSR count). The van der Waals surface area contributed by atoms with E-state index >= 15 is 0 Å². The van der Waals surface area contributed by atoms with Gasteiger partial charge in [-0.3, -0.25) is 4.79 Å². The molecule has 1 aromatic heterocycles. The fraction of sp³-hybridized carbons (Fsp3) is 0.294. The number of halogens is 2. The van der Waals surface area contributed by atoms with Gasteiger partial charge in [0.1, 0.15) is 5.03 Å². The van der Waals surface area contributed by atoms with E-state index < -0.39 is 11.7 Å². The Morgan fingerprint density at radius 3 is 2.60 bits per heavy atom. The zero-order valence-corrected chi connectivity index (χ0v) is 14.1. The Balaban J connectivity index is 1.69. The van der Waals surface area contributed by atoms with Crippen LogP contribution in [0.15, 0.2) is 47.6 Å². The molecule has 1 aliphatic rings. The number of anilines is 2. The molecule has 132 valence electrons. The van der Waals surface area contributed by atoms with E-state index in [-0.39, 0.29) is 22.4 Å². The highest BCUT2D eigenvalue weighted by Crippen LogP contribution is 2.27. The summed E-state index contributed by atoms with van der Waals surface area (Å²) < 4.78 is 30.5. The van der Waals surface area contributed by atoms with E-state index in [1.165, 1.54) is 12.3 Å². The average molecular weight is 365 g/mol. The van der Waals surface area contributed by atoms with Crippen LogP contribution in [0.1, 0.15) is 10.4 Å². The van der Waals surface area contributed by atoms with Gasteiger partial charge < -0.3 is 15.0 Å². The Morgan fingerprint density at radius 1 is 1.20 bits per heavy atom. The van der Waals surface area contributed by atoms with Crippen LogP contribution < -0.4 is 10.2 Å². The van der Waals surface area contributed by atoms with Crippen molar-refractivity contribution in [3.8, 4) is 0 Å². The van der Waals surface area contributed by atoms with Crippen LogP contribution >= 0.6 is 11.8 Å². The van der Waals surface area contributed by atoms with Crippen LogP contribution in [0, 0.1) is 0 Å². The predicted octanol–water partition coefficient (Wildman–Crippen LogP) is 3.49. The van der Waals surface area contributed by atoms with Crippen LogP contribution in [0.25, 0.3) is 0 Å². The highest BCUT2D eigenvalue weighted by molar-refractivity contribution is 7.99. The predicted molar refractivity (Wildman–Crippen MR) is 93.5 cm³/mol. The summed E-state index contributed by atoms with van der Waals surface area (Å²) in [5.74, 6) is -3.09. The second kappa shape index (κ2) is 8.26. The van der Waals surface area contributed by atoms with Gasteiger partial charge in [0.2, 0.25) is 0 Å². The van der Waals surface area contributed by atoms with Crippen molar-refractivity contribution in [3.05, 3.63) is 48.2 Å². The lowest BCUT2D eigenvalue weighted by atomic mass is 10.2. The zero-order valence-electron chi connectivity index (χ0n) is 13.3. The molecule has 0 unspecified atom stereocenters. The lowest BCUT2D eigenvalue weighted by Crippen LogP contribution is -2.36. The van der Waals surface area contributed by atoms with Crippen LogP contribution in [0.3, 0.4) is 0 Å². The van der Waals surface area contributed by atoms with Crippen LogP contribution in [0.2, 0.25) is 0 Å². The number of aromatic nitrogens is 1. The number of nitrogens with one attached hydrogen (secondary N) is 1. The summed E-state index contributed by atoms with van der Waals surface area (Å²) in [4.78, 5) is 18.4. The molecule has 0 radical (unpaired) electrons. The number of hydrogen-bond acceptors (Lipinski definition) is 5. The monoisotopic (exact) mass is 365 g/mol. The number of nitrogens with zero attached hydrogens (tertiary/aromatic N) is 2. The van der Waals surface area contributed by atoms with Gasteiger partial charge in [-0.2, -0.15) is 8.78 Å². The summed E-state index contributed by atoms with van der Waals surface area (Å²) in [7, 11) is 0. The maximum Gasteiger partial charge on any atom is 0.290 e. The minimum absolute atomic E-state index is 0.0138. The first-order valence-electron chi connectivity index (χ1n) is 7.77. The number of carbonyl (C=O) groups is 1. The molecule has 1 aromatic carbocycles. The number of carbonyl (C=O) groups excluding carboxylic acids is 1. The molecular weight excluding hydrogens is 348 g/mol. The van der Waals surface area contributed by atoms with Crippen molar-refractivity contribution >= 4 is 29.0 Å². The number of pyridine rings is 1. The number of rotatable bonds is 5. The first kappa shape index (κ1) is 17.6. The van der Waals surface area contributed by atoms with Crippen molar-refractivity contribution in [1.29, 1.82) is 0 Å². The van der Waals surface area contributed by atoms with Gasteiger partial charge in [-0.05, 0) is 48.2 Å². The molecule has 8 heteroatoms. The highest BCUT2D eigenvalue weighted by atomic mass is 32.2. The molecule has 5 nitrogen and oxygen atoms in total. The van der Waals surface area contributed by atoms with Gasteiger partial charge in [-0.15, -0.1) is 0 Å². The maximum atomic E-state index is 12.6. The lowest BCUT2D eigenvalue weighted by Gasteiger charge is -2.28. The topological polar surface area (TPSA) is 54.5 Å². The Labute approximate surface area is 148 Å². The summed E-state index contributed by atoms with van der Waals surface area (Å²) in [6.07, 6.45) is 1.39. The van der Waals surface area contributed by atoms with Crippen LogP contribution in [0.5, 0.6) is 0 Å². The second-order valence-electron chi connectivity index (χ2n) is 5.34. The van der Waals surface area contributed by atoms with Gasteiger partial charge in [0.15, 0.2) is 0 Å². The molecule has 1 fully saturated rings. The molecule has 1 saturated heterocycles. The van der Waals surface area contributed by atoms with Gasteiger partial charge in [0, 0.05) is 30.7 Å². The van der Waals surface area contributed by atoms with E-state index in [9.17, 15) is 13.6 Å². The summed E-state index contributed by atoms with van der Waals surface area (Å²) in [6, 6.07) is 10.4. The Bertz CT molecular complexity index is 722. The highest BCUT2D eigenvalue weighted by Gasteiger charge is 2.17. The summed E-state index contributed by atoms with van der Waals surface area (Å²) in [5, 5.41) is 2.74. The quantitative estimate of drug-likeness (QED) is 0.822. The second-order valence-corrected chi connectivity index (χ2v) is 6.31. The Morgan fingerprint density at radius 2 is 1.92 bits per heavy atom. The summed E-state index contributed by atoms with van der Waals surface area (Å²) in [6.45, 7) is 3.05. The Hall–Kier alpha value is -2.19. The van der Waals surface area contributed by atoms with Crippen molar-refractivity contribution in [3.63, 3.8) is 0 Å². The molecule has 1 aliphatic heterocycles. The van der Waals surface area contributed by atoms with E-state index in [2.05, 4.69) is 15.2 Å². The Kier molecular flexibility index (Phi) is 5.83. The molecule has 0 saturated carbocycles. The zero-order chi connectivity index (χ0) is 17.6. The molecule has 1 N–H and O–H groups in total. The molecule has 2 aromatic rings. The van der Waals surface area contributed by atoms with Gasteiger partial charge in [0.05, 0.1) is 18.8 Å². The van der Waals surface area contributed by atoms with Crippen LogP contribution in [0.4, 0.5) is 20.2 Å². The average Bonchev–Trinajstić information content (AvgIpc) is 2.63. The summed E-state index contributed by atoms with van der Waals surface area (Å²) in [5.41, 5.74) is 1.78. The van der Waals surface area contributed by atoms with E-state index in [4.69, 9.17) is 4.74 Å². The van der Waals surface area contributed by atoms with E-state index in [1.807, 2.05) is 12.1 Å². The maximum absolute atomic E-state index is 12.6. The number of alkyl halides is 2. The molecular formula is C17H17F2N3O2S. The van der Waals surface area contributed by atoms with Gasteiger partial charge in [0.25, 0.3) is 11.7 Å². The van der Waals surface area contributed by atoms with E-state index in [0.717, 1.165) is 18.8 Å². The minimum atomic E-state index is -2.63. The fourth-order valence-corrected chi connectivity index (χ4v) is 3.10. The SMILES string of the molecule is O=C(Nc1ccc(N2CCOCC2)cc1)c1cccnc1SC(F)F. The largest absolute Gasteiger partial charge is 0.378 e. The lowest BCUT2D eigenvalue weighted by molar-refractivity contribution is 0.102. The smallest absolute Gasteiger partial charge is 0.290 e. The number of hydrogen-bond donors (Lipinski definition) is 1. The molecule has 0 spiro atoms. The summed E-state index contributed by atoms with van der Waals surface area (Å²) >= 11 is 0.261. The molecule has 2 heterocycles. The number of morpholine rings is 1. The minimum Gasteiger partial charge on any atom is -0.378 e. The third kappa shape index (κ3) is 4.67. The van der Waals surface area contributed by atoms with E-state index in [0.29, 0.717) is 18.9 Å². The molecule has 0 aliphatic carbocycles. The van der Waals surface area contributed by atoms with Crippen molar-refractivity contribution in [2.45, 2.75) is 10.8 Å². The number of thioether (sulfide) groups is 1. The number of ether oxygens (including phenoxy) is 1. The van der Waals surface area contributed by atoms with Gasteiger partial charge in [-0.1, -0.05) is 0 Å². The van der Waals surface area contributed by atoms with Crippen molar-refractivity contribution < 1.29 is 18.3 Å². The molecule has 0 atom stereocenters. The third-order valence-electron chi connectivity index (χ3n) is 3.72. The van der Waals surface area contributed by atoms with Gasteiger partial charge >= 0.3 is 0 Å². The first-order chi connectivity index (χ1) is 12.1. The van der Waals surface area contributed by atoms with Crippen LogP contribution in [-0.4, -0.2) is 43.0 Å².